The summed E-state index contributed by atoms with van der Waals surface area (Å²) in [4.78, 5) is 15.2. The van der Waals surface area contributed by atoms with Crippen LogP contribution in [0.1, 0.15) is 26.0 Å². The van der Waals surface area contributed by atoms with E-state index in [1.54, 1.807) is 12.3 Å². The molecular weight excluding hydrogens is 210 g/mol. The van der Waals surface area contributed by atoms with E-state index in [-0.39, 0.29) is 18.7 Å². The Labute approximate surface area is 92.7 Å². The van der Waals surface area contributed by atoms with Crippen LogP contribution in [0.25, 0.3) is 0 Å². The molecule has 1 aromatic rings. The zero-order valence-corrected chi connectivity index (χ0v) is 9.09. The van der Waals surface area contributed by atoms with E-state index in [2.05, 4.69) is 4.98 Å². The van der Waals surface area contributed by atoms with Crippen molar-refractivity contribution in [2.24, 2.45) is 0 Å². The highest BCUT2D eigenvalue weighted by molar-refractivity contribution is 5.23. The minimum absolute atomic E-state index is 0.0549. The van der Waals surface area contributed by atoms with E-state index < -0.39 is 11.3 Å². The maximum atomic E-state index is 11.6. The molecule has 3 N–H and O–H groups in total. The lowest BCUT2D eigenvalue weighted by Gasteiger charge is -2.22. The predicted molar refractivity (Wildman–Crippen MR) is 57.8 cm³/mol. The van der Waals surface area contributed by atoms with Gasteiger partial charge in [-0.2, -0.15) is 4.98 Å². The van der Waals surface area contributed by atoms with Crippen LogP contribution < -0.4 is 11.4 Å². The smallest absolute Gasteiger partial charge is 0.351 e. The van der Waals surface area contributed by atoms with E-state index in [4.69, 9.17) is 15.6 Å². The third kappa shape index (κ3) is 1.94. The summed E-state index contributed by atoms with van der Waals surface area (Å²) in [6.45, 7) is 1.77. The molecule has 6 nitrogen and oxygen atoms in total. The molecule has 1 aliphatic heterocycles. The van der Waals surface area contributed by atoms with Crippen LogP contribution >= 0.6 is 0 Å². The molecule has 6 heteroatoms. The SMILES string of the molecule is C[C@@]1(CO)CC[C@H](n2ccc(N)nc2=O)O1. The Morgan fingerprint density at radius 1 is 1.81 bits per heavy atom. The van der Waals surface area contributed by atoms with Gasteiger partial charge in [0.15, 0.2) is 0 Å². The predicted octanol–water partition coefficient (Wildman–Crippen LogP) is -0.114. The molecule has 0 aromatic carbocycles. The molecule has 16 heavy (non-hydrogen) atoms. The fourth-order valence-electron chi connectivity index (χ4n) is 1.83. The van der Waals surface area contributed by atoms with Crippen molar-refractivity contribution >= 4 is 5.82 Å². The van der Waals surface area contributed by atoms with E-state index >= 15 is 0 Å². The second-order valence-electron chi connectivity index (χ2n) is 4.26. The number of hydrogen-bond donors (Lipinski definition) is 2. The topological polar surface area (TPSA) is 90.4 Å². The van der Waals surface area contributed by atoms with Gasteiger partial charge in [-0.05, 0) is 25.8 Å². The average Bonchev–Trinajstić information content (AvgIpc) is 2.62. The highest BCUT2D eigenvalue weighted by atomic mass is 16.5. The highest BCUT2D eigenvalue weighted by Gasteiger charge is 2.36. The monoisotopic (exact) mass is 225 g/mol. The second-order valence-corrected chi connectivity index (χ2v) is 4.26. The summed E-state index contributed by atoms with van der Waals surface area (Å²) in [5.74, 6) is 0.198. The number of aliphatic hydroxyl groups is 1. The lowest BCUT2D eigenvalue weighted by atomic mass is 10.0. The number of hydrogen-bond acceptors (Lipinski definition) is 5. The molecule has 1 aliphatic rings. The van der Waals surface area contributed by atoms with Gasteiger partial charge >= 0.3 is 5.69 Å². The summed E-state index contributed by atoms with van der Waals surface area (Å²) < 4.78 is 7.04. The van der Waals surface area contributed by atoms with Gasteiger partial charge in [-0.3, -0.25) is 4.57 Å². The van der Waals surface area contributed by atoms with Gasteiger partial charge in [0.05, 0.1) is 12.2 Å². The van der Waals surface area contributed by atoms with Gasteiger partial charge in [-0.15, -0.1) is 0 Å². The number of nitrogens with zero attached hydrogens (tertiary/aromatic N) is 2. The first-order valence-electron chi connectivity index (χ1n) is 5.17. The van der Waals surface area contributed by atoms with Crippen LogP contribution in [0, 0.1) is 0 Å². The molecule has 0 bridgehead atoms. The van der Waals surface area contributed by atoms with Crippen LogP contribution in [0.2, 0.25) is 0 Å². The molecule has 0 spiro atoms. The van der Waals surface area contributed by atoms with Gasteiger partial charge < -0.3 is 15.6 Å². The Kier molecular flexibility index (Phi) is 2.69. The molecular formula is C10H15N3O3. The van der Waals surface area contributed by atoms with Gasteiger partial charge in [0.25, 0.3) is 0 Å². The maximum Gasteiger partial charge on any atom is 0.351 e. The number of nitrogens with two attached hydrogens (primary N) is 1. The number of ether oxygens (including phenoxy) is 1. The summed E-state index contributed by atoms with van der Waals surface area (Å²) in [7, 11) is 0. The van der Waals surface area contributed by atoms with E-state index in [1.807, 2.05) is 6.92 Å². The molecule has 88 valence electrons. The lowest BCUT2D eigenvalue weighted by molar-refractivity contribution is -0.0881. The zero-order valence-electron chi connectivity index (χ0n) is 9.09. The quantitative estimate of drug-likeness (QED) is 0.732. The standard InChI is InChI=1S/C10H15N3O3/c1-10(6-14)4-2-8(16-10)13-5-3-7(11)12-9(13)15/h3,5,8,14H,2,4,6H2,1H3,(H2,11,12,15)/t8-,10+/m1/s1. The van der Waals surface area contributed by atoms with Crippen LogP contribution in [0.3, 0.4) is 0 Å². The summed E-state index contributed by atoms with van der Waals surface area (Å²) in [5.41, 5.74) is 4.41. The van der Waals surface area contributed by atoms with Crippen molar-refractivity contribution < 1.29 is 9.84 Å². The first kappa shape index (κ1) is 11.1. The Hall–Kier alpha value is -1.40. The maximum absolute atomic E-state index is 11.6. The zero-order chi connectivity index (χ0) is 11.8. The molecule has 2 atom stereocenters. The number of rotatable bonds is 2. The van der Waals surface area contributed by atoms with Crippen LogP contribution in [-0.4, -0.2) is 26.9 Å². The summed E-state index contributed by atoms with van der Waals surface area (Å²) in [6, 6.07) is 1.55. The van der Waals surface area contributed by atoms with Crippen molar-refractivity contribution in [3.63, 3.8) is 0 Å². The van der Waals surface area contributed by atoms with Gasteiger partial charge in [0.1, 0.15) is 12.0 Å². The summed E-state index contributed by atoms with van der Waals surface area (Å²) >= 11 is 0. The fourth-order valence-corrected chi connectivity index (χ4v) is 1.83. The second kappa shape index (κ2) is 3.88. The van der Waals surface area contributed by atoms with Gasteiger partial charge in [0, 0.05) is 6.20 Å². The van der Waals surface area contributed by atoms with E-state index in [0.717, 1.165) is 0 Å². The largest absolute Gasteiger partial charge is 0.393 e. The Balaban J connectivity index is 2.24. The normalized spacial score (nSPS) is 29.5. The lowest BCUT2D eigenvalue weighted by Crippen LogP contribution is -2.32. The number of aliphatic hydroxyl groups excluding tert-OH is 1. The number of anilines is 1. The van der Waals surface area contributed by atoms with E-state index in [1.165, 1.54) is 4.57 Å². The Morgan fingerprint density at radius 3 is 3.12 bits per heavy atom. The van der Waals surface area contributed by atoms with Gasteiger partial charge in [0.2, 0.25) is 0 Å². The van der Waals surface area contributed by atoms with Crippen LogP contribution in [-0.2, 0) is 4.74 Å². The fraction of sp³-hybridized carbons (Fsp3) is 0.600. The molecule has 0 saturated carbocycles. The number of nitrogen functional groups attached to an aromatic ring is 1. The van der Waals surface area contributed by atoms with Gasteiger partial charge in [-0.1, -0.05) is 0 Å². The average molecular weight is 225 g/mol. The molecule has 1 saturated heterocycles. The highest BCUT2D eigenvalue weighted by Crippen LogP contribution is 2.34. The molecule has 0 radical (unpaired) electrons. The van der Waals surface area contributed by atoms with E-state index in [9.17, 15) is 4.79 Å². The number of aromatic nitrogens is 2. The van der Waals surface area contributed by atoms with Crippen molar-refractivity contribution in [1.82, 2.24) is 9.55 Å². The first-order chi connectivity index (χ1) is 7.54. The van der Waals surface area contributed by atoms with Crippen LogP contribution in [0.5, 0.6) is 0 Å². The molecule has 2 heterocycles. The molecule has 1 fully saturated rings. The van der Waals surface area contributed by atoms with Crippen molar-refractivity contribution in [2.75, 3.05) is 12.3 Å². The summed E-state index contributed by atoms with van der Waals surface area (Å²) in [5, 5.41) is 9.16. The Bertz CT molecular complexity index is 445. The molecule has 2 rings (SSSR count). The molecule has 0 amide bonds. The van der Waals surface area contributed by atoms with Crippen molar-refractivity contribution in [2.45, 2.75) is 31.6 Å². The van der Waals surface area contributed by atoms with Crippen molar-refractivity contribution in [1.29, 1.82) is 0 Å². The molecule has 0 unspecified atom stereocenters. The Morgan fingerprint density at radius 2 is 2.56 bits per heavy atom. The summed E-state index contributed by atoms with van der Waals surface area (Å²) in [6.07, 6.45) is 2.60. The van der Waals surface area contributed by atoms with E-state index in [0.29, 0.717) is 12.8 Å². The first-order valence-corrected chi connectivity index (χ1v) is 5.17. The third-order valence-corrected chi connectivity index (χ3v) is 2.84. The third-order valence-electron chi connectivity index (χ3n) is 2.84. The van der Waals surface area contributed by atoms with Crippen LogP contribution in [0.4, 0.5) is 5.82 Å². The molecule has 0 aliphatic carbocycles. The van der Waals surface area contributed by atoms with Crippen molar-refractivity contribution in [3.05, 3.63) is 22.7 Å². The van der Waals surface area contributed by atoms with Gasteiger partial charge in [-0.25, -0.2) is 4.79 Å². The minimum Gasteiger partial charge on any atom is -0.393 e. The van der Waals surface area contributed by atoms with Crippen LogP contribution in [0.15, 0.2) is 17.1 Å². The van der Waals surface area contributed by atoms with Crippen molar-refractivity contribution in [3.8, 4) is 0 Å². The molecule has 1 aromatic heterocycles. The minimum atomic E-state index is -0.564.